The maximum atomic E-state index is 9.14. The van der Waals surface area contributed by atoms with Gasteiger partial charge >= 0.3 is 0 Å². The van der Waals surface area contributed by atoms with Crippen LogP contribution in [-0.4, -0.2) is 18.0 Å². The van der Waals surface area contributed by atoms with E-state index in [0.29, 0.717) is 5.92 Å². The van der Waals surface area contributed by atoms with Gasteiger partial charge < -0.3 is 0 Å². The Morgan fingerprint density at radius 3 is 2.26 bits per heavy atom. The Bertz CT molecular complexity index is 445. The van der Waals surface area contributed by atoms with E-state index in [0.717, 1.165) is 32.5 Å². The Morgan fingerprint density at radius 2 is 1.79 bits per heavy atom. The summed E-state index contributed by atoms with van der Waals surface area (Å²) in [5.74, 6) is 0.598. The summed E-state index contributed by atoms with van der Waals surface area (Å²) >= 11 is 0. The third kappa shape index (κ3) is 3.58. The highest BCUT2D eigenvalue weighted by Crippen LogP contribution is 2.30. The van der Waals surface area contributed by atoms with Crippen LogP contribution >= 0.6 is 0 Å². The van der Waals surface area contributed by atoms with Crippen molar-refractivity contribution < 1.29 is 0 Å². The summed E-state index contributed by atoms with van der Waals surface area (Å²) in [6, 6.07) is 11.4. The molecule has 0 aromatic heterocycles. The van der Waals surface area contributed by atoms with Crippen LogP contribution < -0.4 is 0 Å². The first kappa shape index (κ1) is 14.1. The van der Waals surface area contributed by atoms with Crippen LogP contribution in [0.25, 0.3) is 0 Å². The summed E-state index contributed by atoms with van der Waals surface area (Å²) in [7, 11) is 0. The lowest BCUT2D eigenvalue weighted by molar-refractivity contribution is 0.150. The van der Waals surface area contributed by atoms with E-state index in [-0.39, 0.29) is 5.41 Å². The first-order valence-corrected chi connectivity index (χ1v) is 7.25. The fourth-order valence-electron chi connectivity index (χ4n) is 2.58. The largest absolute Gasteiger partial charge is 0.299 e. The molecule has 0 bridgehead atoms. The lowest BCUT2D eigenvalue weighted by Gasteiger charge is -2.34. The zero-order valence-electron chi connectivity index (χ0n) is 12.3. The second kappa shape index (κ2) is 5.75. The van der Waals surface area contributed by atoms with Crippen molar-refractivity contribution >= 4 is 0 Å². The van der Waals surface area contributed by atoms with Crippen LogP contribution in [0.5, 0.6) is 0 Å². The van der Waals surface area contributed by atoms with Crippen LogP contribution in [0.4, 0.5) is 0 Å². The Kier molecular flexibility index (Phi) is 4.27. The smallest absolute Gasteiger partial charge is 0.0687 e. The average molecular weight is 256 g/mol. The minimum atomic E-state index is -0.0992. The zero-order chi connectivity index (χ0) is 13.9. The fraction of sp³-hybridized carbons (Fsp3) is 0.588. The van der Waals surface area contributed by atoms with Gasteiger partial charge in [-0.15, -0.1) is 0 Å². The van der Waals surface area contributed by atoms with Crippen molar-refractivity contribution in [2.24, 2.45) is 5.41 Å². The van der Waals surface area contributed by atoms with Gasteiger partial charge in [0.2, 0.25) is 0 Å². The standard InChI is InChI=1S/C17H24N2/c1-14(2)16-6-4-15(5-7-16)12-19-10-8-17(3,13-18)9-11-19/h4-7,14H,8-12H2,1-3H3. The molecule has 0 unspecified atom stereocenters. The van der Waals surface area contributed by atoms with Crippen LogP contribution in [0, 0.1) is 16.7 Å². The van der Waals surface area contributed by atoms with Gasteiger partial charge in [0.05, 0.1) is 11.5 Å². The number of hydrogen-bond donors (Lipinski definition) is 0. The van der Waals surface area contributed by atoms with Gasteiger partial charge in [0.25, 0.3) is 0 Å². The molecule has 0 aliphatic carbocycles. The number of piperidine rings is 1. The summed E-state index contributed by atoms with van der Waals surface area (Å²) in [4.78, 5) is 2.46. The van der Waals surface area contributed by atoms with E-state index in [1.54, 1.807) is 0 Å². The predicted molar refractivity (Wildman–Crippen MR) is 78.8 cm³/mol. The third-order valence-electron chi connectivity index (χ3n) is 4.28. The van der Waals surface area contributed by atoms with E-state index in [1.807, 2.05) is 0 Å². The molecule has 0 N–H and O–H groups in total. The number of nitriles is 1. The van der Waals surface area contributed by atoms with E-state index in [9.17, 15) is 0 Å². The molecule has 0 saturated carbocycles. The summed E-state index contributed by atoms with van der Waals surface area (Å²) in [6.07, 6.45) is 1.99. The first-order chi connectivity index (χ1) is 9.02. The summed E-state index contributed by atoms with van der Waals surface area (Å²) in [6.45, 7) is 9.62. The number of rotatable bonds is 3. The molecule has 19 heavy (non-hydrogen) atoms. The number of nitrogens with zero attached hydrogens (tertiary/aromatic N) is 2. The maximum absolute atomic E-state index is 9.14. The minimum Gasteiger partial charge on any atom is -0.299 e. The van der Waals surface area contributed by atoms with Crippen LogP contribution in [0.3, 0.4) is 0 Å². The van der Waals surface area contributed by atoms with Crippen molar-refractivity contribution in [3.63, 3.8) is 0 Å². The van der Waals surface area contributed by atoms with Crippen LogP contribution in [0.15, 0.2) is 24.3 Å². The quantitative estimate of drug-likeness (QED) is 0.819. The number of likely N-dealkylation sites (tertiary alicyclic amines) is 1. The molecule has 2 heteroatoms. The zero-order valence-corrected chi connectivity index (χ0v) is 12.3. The maximum Gasteiger partial charge on any atom is 0.0687 e. The van der Waals surface area contributed by atoms with Crippen molar-refractivity contribution in [3.05, 3.63) is 35.4 Å². The lowest BCUT2D eigenvalue weighted by Crippen LogP contribution is -2.37. The average Bonchev–Trinajstić information content (AvgIpc) is 2.42. The molecule has 1 fully saturated rings. The van der Waals surface area contributed by atoms with Gasteiger partial charge in [-0.1, -0.05) is 38.1 Å². The minimum absolute atomic E-state index is 0.0992. The SMILES string of the molecule is CC(C)c1ccc(CN2CCC(C)(C#N)CC2)cc1. The second-order valence-corrected chi connectivity index (χ2v) is 6.34. The highest BCUT2D eigenvalue weighted by atomic mass is 15.1. The first-order valence-electron chi connectivity index (χ1n) is 7.25. The molecule has 1 aromatic carbocycles. The van der Waals surface area contributed by atoms with Crippen molar-refractivity contribution in [2.75, 3.05) is 13.1 Å². The number of hydrogen-bond acceptors (Lipinski definition) is 2. The molecule has 1 aliphatic rings. The van der Waals surface area contributed by atoms with Crippen molar-refractivity contribution in [1.29, 1.82) is 5.26 Å². The third-order valence-corrected chi connectivity index (χ3v) is 4.28. The van der Waals surface area contributed by atoms with E-state index in [2.05, 4.69) is 56.0 Å². The molecule has 102 valence electrons. The Morgan fingerprint density at radius 1 is 1.21 bits per heavy atom. The van der Waals surface area contributed by atoms with Gasteiger partial charge in [-0.25, -0.2) is 0 Å². The van der Waals surface area contributed by atoms with Crippen molar-refractivity contribution in [1.82, 2.24) is 4.90 Å². The summed E-state index contributed by atoms with van der Waals surface area (Å²) in [5, 5.41) is 9.14. The normalized spacial score (nSPS) is 19.3. The fourth-order valence-corrected chi connectivity index (χ4v) is 2.58. The summed E-state index contributed by atoms with van der Waals surface area (Å²) < 4.78 is 0. The second-order valence-electron chi connectivity index (χ2n) is 6.34. The highest BCUT2D eigenvalue weighted by molar-refractivity contribution is 5.24. The van der Waals surface area contributed by atoms with Crippen LogP contribution in [0.1, 0.15) is 50.7 Å². The molecule has 2 nitrogen and oxygen atoms in total. The molecule has 0 spiro atoms. The molecule has 0 atom stereocenters. The van der Waals surface area contributed by atoms with Crippen molar-refractivity contribution in [2.45, 2.75) is 46.1 Å². The van der Waals surface area contributed by atoms with Gasteiger partial charge in [0.15, 0.2) is 0 Å². The van der Waals surface area contributed by atoms with Crippen LogP contribution in [0.2, 0.25) is 0 Å². The Labute approximate surface area is 117 Å². The van der Waals surface area contributed by atoms with E-state index in [1.165, 1.54) is 11.1 Å². The van der Waals surface area contributed by atoms with Gasteiger partial charge in [-0.2, -0.15) is 5.26 Å². The molecular formula is C17H24N2. The predicted octanol–water partition coefficient (Wildman–Crippen LogP) is 3.94. The van der Waals surface area contributed by atoms with Gasteiger partial charge in [0, 0.05) is 6.54 Å². The molecule has 1 aromatic rings. The van der Waals surface area contributed by atoms with Gasteiger partial charge in [-0.05, 0) is 49.9 Å². The van der Waals surface area contributed by atoms with E-state index in [4.69, 9.17) is 5.26 Å². The molecule has 0 amide bonds. The highest BCUT2D eigenvalue weighted by Gasteiger charge is 2.29. The molecular weight excluding hydrogens is 232 g/mol. The van der Waals surface area contributed by atoms with Crippen LogP contribution in [-0.2, 0) is 6.54 Å². The van der Waals surface area contributed by atoms with Gasteiger partial charge in [0.1, 0.15) is 0 Å². The molecule has 2 rings (SSSR count). The van der Waals surface area contributed by atoms with E-state index < -0.39 is 0 Å². The molecule has 1 saturated heterocycles. The Balaban J connectivity index is 1.91. The lowest BCUT2D eigenvalue weighted by atomic mass is 9.82. The molecule has 1 heterocycles. The molecule has 0 radical (unpaired) electrons. The van der Waals surface area contributed by atoms with Crippen molar-refractivity contribution in [3.8, 4) is 6.07 Å². The van der Waals surface area contributed by atoms with Gasteiger partial charge in [-0.3, -0.25) is 4.90 Å². The molecule has 1 aliphatic heterocycles. The topological polar surface area (TPSA) is 27.0 Å². The number of benzene rings is 1. The Hall–Kier alpha value is -1.33. The van der Waals surface area contributed by atoms with E-state index >= 15 is 0 Å². The summed E-state index contributed by atoms with van der Waals surface area (Å²) in [5.41, 5.74) is 2.68. The monoisotopic (exact) mass is 256 g/mol.